The van der Waals surface area contributed by atoms with Crippen molar-refractivity contribution in [2.24, 2.45) is 0 Å². The summed E-state index contributed by atoms with van der Waals surface area (Å²) >= 11 is 6.48. The number of ether oxygens (including phenoxy) is 1. The molecule has 0 spiro atoms. The zero-order valence-electron chi connectivity index (χ0n) is 12.3. The number of hydrogen-bond donors (Lipinski definition) is 2. The van der Waals surface area contributed by atoms with E-state index in [1.54, 1.807) is 30.5 Å². The summed E-state index contributed by atoms with van der Waals surface area (Å²) in [5.74, 6) is 0.471. The lowest BCUT2D eigenvalue weighted by atomic mass is 10.2. The van der Waals surface area contributed by atoms with Crippen LogP contribution in [0.2, 0.25) is 0 Å². The molecule has 116 valence electrons. The van der Waals surface area contributed by atoms with Crippen molar-refractivity contribution in [3.05, 3.63) is 41.4 Å². The van der Waals surface area contributed by atoms with Gasteiger partial charge in [-0.1, -0.05) is 6.92 Å². The number of carbonyl (C=O) groups is 1. The smallest absolute Gasteiger partial charge is 0.257 e. The molecule has 1 aromatic heterocycles. The van der Waals surface area contributed by atoms with E-state index >= 15 is 0 Å². The van der Waals surface area contributed by atoms with E-state index in [1.807, 2.05) is 12.3 Å². The van der Waals surface area contributed by atoms with Gasteiger partial charge in [0.2, 0.25) is 0 Å². The van der Waals surface area contributed by atoms with Crippen LogP contribution in [-0.2, 0) is 0 Å². The highest BCUT2D eigenvalue weighted by Gasteiger charge is 2.09. The highest BCUT2D eigenvalue weighted by Crippen LogP contribution is 2.15. The normalized spacial score (nSPS) is 11.5. The fraction of sp³-hybridized carbons (Fsp3) is 0.267. The van der Waals surface area contributed by atoms with E-state index in [-0.39, 0.29) is 17.1 Å². The van der Waals surface area contributed by atoms with Crippen LogP contribution in [0, 0.1) is 0 Å². The Kier molecular flexibility index (Phi) is 5.85. The molecular weight excluding hydrogens is 318 g/mol. The van der Waals surface area contributed by atoms with Crippen LogP contribution in [0.15, 0.2) is 35.8 Å². The van der Waals surface area contributed by atoms with Gasteiger partial charge in [-0.15, -0.1) is 11.3 Å². The second-order valence-electron chi connectivity index (χ2n) is 4.61. The Morgan fingerprint density at radius 2 is 2.14 bits per heavy atom. The molecular formula is C15H17N3O2S2. The van der Waals surface area contributed by atoms with Crippen molar-refractivity contribution >= 4 is 39.7 Å². The van der Waals surface area contributed by atoms with Crippen LogP contribution < -0.4 is 15.4 Å². The molecule has 0 aliphatic heterocycles. The molecule has 5 nitrogen and oxygen atoms in total. The number of nitrogens with zero attached hydrogens (tertiary/aromatic N) is 1. The van der Waals surface area contributed by atoms with Gasteiger partial charge >= 0.3 is 0 Å². The Hall–Kier alpha value is -1.99. The van der Waals surface area contributed by atoms with Gasteiger partial charge in [0.05, 0.1) is 6.10 Å². The first-order valence-corrected chi connectivity index (χ1v) is 8.16. The molecule has 1 unspecified atom stereocenters. The van der Waals surface area contributed by atoms with E-state index in [1.165, 1.54) is 11.3 Å². The van der Waals surface area contributed by atoms with E-state index in [4.69, 9.17) is 17.0 Å². The molecule has 0 radical (unpaired) electrons. The number of aromatic nitrogens is 1. The molecule has 0 saturated carbocycles. The lowest BCUT2D eigenvalue weighted by Crippen LogP contribution is -2.34. The van der Waals surface area contributed by atoms with Gasteiger partial charge < -0.3 is 10.1 Å². The van der Waals surface area contributed by atoms with Crippen molar-refractivity contribution in [3.63, 3.8) is 0 Å². The molecule has 0 aliphatic rings. The molecule has 1 heterocycles. The zero-order valence-corrected chi connectivity index (χ0v) is 14.0. The van der Waals surface area contributed by atoms with Gasteiger partial charge in [-0.25, -0.2) is 4.98 Å². The molecule has 1 amide bonds. The Bertz CT molecular complexity index is 627. The zero-order chi connectivity index (χ0) is 15.9. The van der Waals surface area contributed by atoms with E-state index < -0.39 is 0 Å². The van der Waals surface area contributed by atoms with Gasteiger partial charge in [0.25, 0.3) is 5.91 Å². The van der Waals surface area contributed by atoms with Crippen LogP contribution in [-0.4, -0.2) is 22.1 Å². The van der Waals surface area contributed by atoms with Gasteiger partial charge in [0, 0.05) is 17.1 Å². The summed E-state index contributed by atoms with van der Waals surface area (Å²) in [7, 11) is 0. The van der Waals surface area contributed by atoms with E-state index in [2.05, 4.69) is 22.5 Å². The van der Waals surface area contributed by atoms with Crippen LogP contribution in [0.5, 0.6) is 5.75 Å². The summed E-state index contributed by atoms with van der Waals surface area (Å²) in [5, 5.41) is 8.15. The highest BCUT2D eigenvalue weighted by atomic mass is 32.1. The third-order valence-electron chi connectivity index (χ3n) is 2.91. The molecule has 2 aromatic rings. The summed E-state index contributed by atoms with van der Waals surface area (Å²) in [6, 6.07) is 6.97. The molecule has 0 bridgehead atoms. The van der Waals surface area contributed by atoms with Crippen LogP contribution in [0.4, 0.5) is 5.13 Å². The van der Waals surface area contributed by atoms with Gasteiger partial charge in [0.1, 0.15) is 5.75 Å². The van der Waals surface area contributed by atoms with Gasteiger partial charge in [-0.05, 0) is 49.8 Å². The third-order valence-corrected chi connectivity index (χ3v) is 3.80. The number of amides is 1. The number of hydrogen-bond acceptors (Lipinski definition) is 5. The molecule has 1 atom stereocenters. The SMILES string of the molecule is CCC(C)Oc1ccc(C(=O)NC(=S)Nc2nccs2)cc1. The fourth-order valence-corrected chi connectivity index (χ4v) is 2.38. The standard InChI is InChI=1S/C15H17N3O2S2/c1-3-10(2)20-12-6-4-11(5-7-12)13(19)17-14(21)18-15-16-8-9-22-15/h4-10H,3H2,1-2H3,(H2,16,17,18,19,21). The molecule has 0 fully saturated rings. The molecule has 7 heteroatoms. The quantitative estimate of drug-likeness (QED) is 0.820. The predicted octanol–water partition coefficient (Wildman–Crippen LogP) is 3.45. The number of thiocarbonyl (C=S) groups is 1. The summed E-state index contributed by atoms with van der Waals surface area (Å²) in [4.78, 5) is 16.1. The van der Waals surface area contributed by atoms with Crippen LogP contribution in [0.3, 0.4) is 0 Å². The second kappa shape index (κ2) is 7.86. The summed E-state index contributed by atoms with van der Waals surface area (Å²) < 4.78 is 5.67. The third kappa shape index (κ3) is 4.78. The van der Waals surface area contributed by atoms with Crippen molar-refractivity contribution < 1.29 is 9.53 Å². The van der Waals surface area contributed by atoms with Crippen LogP contribution in [0.25, 0.3) is 0 Å². The summed E-state index contributed by atoms with van der Waals surface area (Å²) in [6.07, 6.45) is 2.74. The van der Waals surface area contributed by atoms with Crippen molar-refractivity contribution in [2.75, 3.05) is 5.32 Å². The molecule has 2 N–H and O–H groups in total. The summed E-state index contributed by atoms with van der Waals surface area (Å²) in [5.41, 5.74) is 0.514. The molecule has 0 aliphatic carbocycles. The number of rotatable bonds is 5. The van der Waals surface area contributed by atoms with E-state index in [9.17, 15) is 4.79 Å². The Morgan fingerprint density at radius 3 is 2.73 bits per heavy atom. The van der Waals surface area contributed by atoms with Gasteiger partial charge in [-0.2, -0.15) is 0 Å². The van der Waals surface area contributed by atoms with Gasteiger partial charge in [-0.3, -0.25) is 10.1 Å². The second-order valence-corrected chi connectivity index (χ2v) is 5.91. The Morgan fingerprint density at radius 1 is 1.41 bits per heavy atom. The number of thiazole rings is 1. The van der Waals surface area contributed by atoms with Gasteiger partial charge in [0.15, 0.2) is 10.2 Å². The van der Waals surface area contributed by atoms with Crippen molar-refractivity contribution in [2.45, 2.75) is 26.4 Å². The first-order valence-electron chi connectivity index (χ1n) is 6.87. The van der Waals surface area contributed by atoms with Crippen molar-refractivity contribution in [3.8, 4) is 5.75 Å². The molecule has 2 rings (SSSR count). The highest BCUT2D eigenvalue weighted by molar-refractivity contribution is 7.80. The first-order chi connectivity index (χ1) is 10.6. The number of carbonyl (C=O) groups excluding carboxylic acids is 1. The number of anilines is 1. The molecule has 22 heavy (non-hydrogen) atoms. The first kappa shape index (κ1) is 16.4. The largest absolute Gasteiger partial charge is 0.491 e. The van der Waals surface area contributed by atoms with Crippen LogP contribution >= 0.6 is 23.6 Å². The maximum absolute atomic E-state index is 12.1. The van der Waals surface area contributed by atoms with E-state index in [0.29, 0.717) is 10.7 Å². The minimum atomic E-state index is -0.274. The maximum atomic E-state index is 12.1. The Balaban J connectivity index is 1.90. The topological polar surface area (TPSA) is 63.2 Å². The number of nitrogens with one attached hydrogen (secondary N) is 2. The molecule has 0 saturated heterocycles. The minimum Gasteiger partial charge on any atom is -0.491 e. The average molecular weight is 335 g/mol. The summed E-state index contributed by atoms with van der Waals surface area (Å²) in [6.45, 7) is 4.06. The Labute approximate surface area is 138 Å². The average Bonchev–Trinajstić information content (AvgIpc) is 3.00. The molecule has 1 aromatic carbocycles. The fourth-order valence-electron chi connectivity index (χ4n) is 1.59. The maximum Gasteiger partial charge on any atom is 0.257 e. The van der Waals surface area contributed by atoms with Crippen molar-refractivity contribution in [1.29, 1.82) is 0 Å². The van der Waals surface area contributed by atoms with Crippen LogP contribution in [0.1, 0.15) is 30.6 Å². The van der Waals surface area contributed by atoms with E-state index in [0.717, 1.165) is 12.2 Å². The number of benzene rings is 1. The predicted molar refractivity (Wildman–Crippen MR) is 92.6 cm³/mol. The minimum absolute atomic E-state index is 0.148. The lowest BCUT2D eigenvalue weighted by molar-refractivity contribution is 0.0977. The lowest BCUT2D eigenvalue weighted by Gasteiger charge is -2.13. The monoisotopic (exact) mass is 335 g/mol. The van der Waals surface area contributed by atoms with Crippen molar-refractivity contribution in [1.82, 2.24) is 10.3 Å².